The van der Waals surface area contributed by atoms with Crippen LogP contribution < -0.4 is 4.74 Å². The SMILES string of the molecule is [O]Cc1nc(COc2ccc(Br)cc2Br)cs1. The average molecular weight is 378 g/mol. The van der Waals surface area contributed by atoms with Crippen LogP contribution in [0.15, 0.2) is 32.5 Å². The third-order valence-electron chi connectivity index (χ3n) is 1.99. The molecule has 0 saturated heterocycles. The molecule has 0 saturated carbocycles. The summed E-state index contributed by atoms with van der Waals surface area (Å²) in [6.07, 6.45) is 0. The Bertz CT molecular complexity index is 516. The van der Waals surface area contributed by atoms with E-state index < -0.39 is 0 Å². The first-order valence-electron chi connectivity index (χ1n) is 4.78. The quantitative estimate of drug-likeness (QED) is 0.801. The number of hydrogen-bond acceptors (Lipinski definition) is 3. The van der Waals surface area contributed by atoms with Crippen LogP contribution in [0.3, 0.4) is 0 Å². The van der Waals surface area contributed by atoms with Gasteiger partial charge in [0.25, 0.3) is 0 Å². The van der Waals surface area contributed by atoms with Gasteiger partial charge < -0.3 is 4.74 Å². The molecule has 3 nitrogen and oxygen atoms in total. The van der Waals surface area contributed by atoms with Gasteiger partial charge in [-0.15, -0.1) is 11.3 Å². The monoisotopic (exact) mass is 376 g/mol. The molecule has 17 heavy (non-hydrogen) atoms. The Hall–Kier alpha value is -0.430. The normalized spacial score (nSPS) is 10.5. The van der Waals surface area contributed by atoms with Crippen molar-refractivity contribution in [1.82, 2.24) is 4.98 Å². The van der Waals surface area contributed by atoms with Crippen molar-refractivity contribution in [2.75, 3.05) is 0 Å². The molecule has 1 heterocycles. The van der Waals surface area contributed by atoms with Crippen LogP contribution in [0.4, 0.5) is 0 Å². The van der Waals surface area contributed by atoms with E-state index in [1.165, 1.54) is 11.3 Å². The lowest BCUT2D eigenvalue weighted by Gasteiger charge is -2.06. The molecule has 89 valence electrons. The zero-order chi connectivity index (χ0) is 12.3. The summed E-state index contributed by atoms with van der Waals surface area (Å²) >= 11 is 8.16. The second-order valence-corrected chi connectivity index (χ2v) is 5.95. The molecule has 0 atom stereocenters. The van der Waals surface area contributed by atoms with Gasteiger partial charge in [0.2, 0.25) is 0 Å². The molecule has 1 radical (unpaired) electrons. The highest BCUT2D eigenvalue weighted by atomic mass is 79.9. The lowest BCUT2D eigenvalue weighted by molar-refractivity contribution is 0.177. The average Bonchev–Trinajstić information content (AvgIpc) is 2.76. The minimum Gasteiger partial charge on any atom is -0.486 e. The second-order valence-electron chi connectivity index (χ2n) is 3.24. The Balaban J connectivity index is 2.02. The van der Waals surface area contributed by atoms with Crippen LogP contribution in [-0.2, 0) is 18.3 Å². The number of thiazole rings is 1. The van der Waals surface area contributed by atoms with Gasteiger partial charge in [-0.2, -0.15) is 0 Å². The number of nitrogens with zero attached hydrogens (tertiary/aromatic N) is 1. The summed E-state index contributed by atoms with van der Waals surface area (Å²) in [5.74, 6) is 0.755. The van der Waals surface area contributed by atoms with E-state index in [-0.39, 0.29) is 6.61 Å². The molecule has 0 aliphatic heterocycles. The van der Waals surface area contributed by atoms with Crippen molar-refractivity contribution < 1.29 is 9.84 Å². The maximum absolute atomic E-state index is 10.6. The van der Waals surface area contributed by atoms with Gasteiger partial charge in [-0.05, 0) is 34.1 Å². The minimum absolute atomic E-state index is 0.271. The van der Waals surface area contributed by atoms with Crippen LogP contribution in [-0.4, -0.2) is 4.98 Å². The lowest BCUT2D eigenvalue weighted by Crippen LogP contribution is -1.96. The number of rotatable bonds is 4. The van der Waals surface area contributed by atoms with Crippen molar-refractivity contribution in [2.45, 2.75) is 13.2 Å². The van der Waals surface area contributed by atoms with Gasteiger partial charge in [0.15, 0.2) is 0 Å². The molecule has 2 rings (SSSR count). The molecule has 0 spiro atoms. The number of hydrogen-bond donors (Lipinski definition) is 0. The van der Waals surface area contributed by atoms with Gasteiger partial charge in [0, 0.05) is 9.85 Å². The molecule has 0 aliphatic carbocycles. The standard InChI is InChI=1S/C11H8Br2NO2S/c12-7-1-2-10(9(13)3-7)16-5-8-6-17-11(4-15)14-8/h1-3,6H,4-5H2. The van der Waals surface area contributed by atoms with Crippen molar-refractivity contribution in [1.29, 1.82) is 0 Å². The van der Waals surface area contributed by atoms with E-state index in [1.807, 2.05) is 23.6 Å². The van der Waals surface area contributed by atoms with Crippen LogP contribution in [0.2, 0.25) is 0 Å². The van der Waals surface area contributed by atoms with Crippen molar-refractivity contribution in [3.05, 3.63) is 43.2 Å². The van der Waals surface area contributed by atoms with E-state index in [0.717, 1.165) is 20.4 Å². The summed E-state index contributed by atoms with van der Waals surface area (Å²) < 4.78 is 7.48. The molecule has 0 aliphatic rings. The summed E-state index contributed by atoms with van der Waals surface area (Å²) in [7, 11) is 0. The molecule has 0 amide bonds. The predicted octanol–water partition coefficient (Wildman–Crippen LogP) is 4.18. The zero-order valence-corrected chi connectivity index (χ0v) is 12.6. The zero-order valence-electron chi connectivity index (χ0n) is 8.65. The fourth-order valence-electron chi connectivity index (χ4n) is 1.23. The van der Waals surface area contributed by atoms with Crippen LogP contribution in [0, 0.1) is 0 Å². The molecular weight excluding hydrogens is 370 g/mol. The lowest BCUT2D eigenvalue weighted by atomic mass is 10.3. The Morgan fingerprint density at radius 1 is 1.35 bits per heavy atom. The van der Waals surface area contributed by atoms with Gasteiger partial charge in [-0.1, -0.05) is 15.9 Å². The van der Waals surface area contributed by atoms with E-state index >= 15 is 0 Å². The van der Waals surface area contributed by atoms with E-state index in [4.69, 9.17) is 4.74 Å². The molecule has 1 aromatic heterocycles. The van der Waals surface area contributed by atoms with E-state index in [0.29, 0.717) is 11.6 Å². The molecule has 0 N–H and O–H groups in total. The van der Waals surface area contributed by atoms with Crippen molar-refractivity contribution >= 4 is 43.2 Å². The Morgan fingerprint density at radius 2 is 2.18 bits per heavy atom. The second kappa shape index (κ2) is 5.95. The van der Waals surface area contributed by atoms with Crippen LogP contribution >= 0.6 is 43.2 Å². The van der Waals surface area contributed by atoms with Crippen LogP contribution in [0.1, 0.15) is 10.7 Å². The van der Waals surface area contributed by atoms with Crippen molar-refractivity contribution in [2.24, 2.45) is 0 Å². The smallest absolute Gasteiger partial charge is 0.134 e. The Kier molecular flexibility index (Phi) is 4.55. The number of halogens is 2. The van der Waals surface area contributed by atoms with Crippen molar-refractivity contribution in [3.8, 4) is 5.75 Å². The largest absolute Gasteiger partial charge is 0.486 e. The summed E-state index contributed by atoms with van der Waals surface area (Å²) in [6.45, 7) is 0.101. The molecule has 0 unspecified atom stereocenters. The van der Waals surface area contributed by atoms with Gasteiger partial charge in [-0.25, -0.2) is 10.1 Å². The van der Waals surface area contributed by atoms with Crippen molar-refractivity contribution in [3.63, 3.8) is 0 Å². The Labute approximate surface area is 120 Å². The first kappa shape index (κ1) is 13.0. The van der Waals surface area contributed by atoms with Gasteiger partial charge in [0.05, 0.1) is 10.2 Å². The van der Waals surface area contributed by atoms with E-state index in [2.05, 4.69) is 36.8 Å². The highest BCUT2D eigenvalue weighted by Crippen LogP contribution is 2.28. The number of benzene rings is 1. The first-order valence-corrected chi connectivity index (χ1v) is 7.25. The van der Waals surface area contributed by atoms with Gasteiger partial charge in [0.1, 0.15) is 24.0 Å². The molecule has 0 bridgehead atoms. The molecule has 2 aromatic rings. The molecule has 1 aromatic carbocycles. The topological polar surface area (TPSA) is 42.0 Å². The maximum atomic E-state index is 10.6. The van der Waals surface area contributed by atoms with Crippen LogP contribution in [0.5, 0.6) is 5.75 Å². The van der Waals surface area contributed by atoms with Crippen LogP contribution in [0.25, 0.3) is 0 Å². The predicted molar refractivity (Wildman–Crippen MR) is 72.7 cm³/mol. The first-order chi connectivity index (χ1) is 8.19. The summed E-state index contributed by atoms with van der Waals surface area (Å²) in [5.41, 5.74) is 0.788. The highest BCUT2D eigenvalue weighted by Gasteiger charge is 2.05. The summed E-state index contributed by atoms with van der Waals surface area (Å²) in [5, 5.41) is 13.0. The summed E-state index contributed by atoms with van der Waals surface area (Å²) in [4.78, 5) is 4.15. The third kappa shape index (κ3) is 3.51. The molecular formula is C11H8Br2NO2S. The Morgan fingerprint density at radius 3 is 2.82 bits per heavy atom. The number of ether oxygens (including phenoxy) is 1. The molecule has 6 heteroatoms. The minimum atomic E-state index is -0.271. The van der Waals surface area contributed by atoms with E-state index in [1.54, 1.807) is 0 Å². The fraction of sp³-hybridized carbons (Fsp3) is 0.182. The highest BCUT2D eigenvalue weighted by molar-refractivity contribution is 9.11. The third-order valence-corrected chi connectivity index (χ3v) is 3.98. The van der Waals surface area contributed by atoms with Gasteiger partial charge >= 0.3 is 0 Å². The number of aromatic nitrogens is 1. The van der Waals surface area contributed by atoms with Gasteiger partial charge in [-0.3, -0.25) is 0 Å². The molecule has 0 fully saturated rings. The summed E-state index contributed by atoms with van der Waals surface area (Å²) in [6, 6.07) is 5.69. The maximum Gasteiger partial charge on any atom is 0.134 e. The fourth-order valence-corrected chi connectivity index (χ4v) is 3.02. The van der Waals surface area contributed by atoms with E-state index in [9.17, 15) is 5.11 Å².